The number of nitrogens with one attached hydrogen (secondary N) is 1. The molecule has 0 aliphatic heterocycles. The summed E-state index contributed by atoms with van der Waals surface area (Å²) < 4.78 is 16.3. The normalized spacial score (nSPS) is 16.1. The Labute approximate surface area is 149 Å². The number of Topliss-reactive ketones (excluding diaryl/α,β-unsaturated/α-hetero) is 1. The summed E-state index contributed by atoms with van der Waals surface area (Å²) >= 11 is 0. The SMILES string of the molecule is Cc1cc2cc(-n3nc(C)c4c3CC(C)(C)CC4=O)cc(F)c2c(=O)[nH]1. The van der Waals surface area contributed by atoms with Gasteiger partial charge in [-0.25, -0.2) is 9.07 Å². The van der Waals surface area contributed by atoms with Crippen molar-refractivity contribution in [1.82, 2.24) is 14.8 Å². The van der Waals surface area contributed by atoms with Gasteiger partial charge in [-0.15, -0.1) is 0 Å². The van der Waals surface area contributed by atoms with E-state index in [9.17, 15) is 14.0 Å². The molecule has 0 saturated heterocycles. The van der Waals surface area contributed by atoms with E-state index in [4.69, 9.17) is 0 Å². The number of benzene rings is 1. The molecule has 0 radical (unpaired) electrons. The number of carbonyl (C=O) groups excluding carboxylic acids is 1. The molecular weight excluding hydrogens is 333 g/mol. The van der Waals surface area contributed by atoms with Gasteiger partial charge in [0.05, 0.1) is 28.0 Å². The zero-order chi connectivity index (χ0) is 18.8. The van der Waals surface area contributed by atoms with Crippen molar-refractivity contribution in [3.05, 3.63) is 57.0 Å². The van der Waals surface area contributed by atoms with E-state index in [0.29, 0.717) is 40.9 Å². The molecule has 134 valence electrons. The summed E-state index contributed by atoms with van der Waals surface area (Å²) in [5, 5.41) is 5.07. The first kappa shape index (κ1) is 16.7. The summed E-state index contributed by atoms with van der Waals surface area (Å²) in [5.74, 6) is -0.518. The molecule has 1 N–H and O–H groups in total. The van der Waals surface area contributed by atoms with E-state index in [1.165, 1.54) is 6.07 Å². The lowest BCUT2D eigenvalue weighted by Gasteiger charge is -2.29. The number of nitrogens with zero attached hydrogens (tertiary/aromatic N) is 2. The van der Waals surface area contributed by atoms with E-state index in [0.717, 1.165) is 5.69 Å². The van der Waals surface area contributed by atoms with Crippen molar-refractivity contribution in [1.29, 1.82) is 0 Å². The standard InChI is InChI=1S/C20H20FN3O2/c1-10-5-12-6-13(7-14(21)18(12)19(26)22-10)24-15-8-20(3,4)9-16(25)17(15)11(2)23-24/h5-7H,8-9H2,1-4H3,(H,22,26). The fourth-order valence-corrected chi connectivity index (χ4v) is 3.95. The van der Waals surface area contributed by atoms with Crippen molar-refractivity contribution in [3.8, 4) is 5.69 Å². The first-order chi connectivity index (χ1) is 12.2. The number of hydrogen-bond donors (Lipinski definition) is 1. The Morgan fingerprint density at radius 3 is 2.62 bits per heavy atom. The van der Waals surface area contributed by atoms with Gasteiger partial charge in [-0.05, 0) is 43.2 Å². The van der Waals surface area contributed by atoms with Crippen molar-refractivity contribution in [2.24, 2.45) is 5.41 Å². The maximum Gasteiger partial charge on any atom is 0.258 e. The molecule has 2 heterocycles. The summed E-state index contributed by atoms with van der Waals surface area (Å²) in [5.41, 5.74) is 2.68. The molecule has 0 bridgehead atoms. The topological polar surface area (TPSA) is 67.8 Å². The van der Waals surface area contributed by atoms with E-state index >= 15 is 0 Å². The Hall–Kier alpha value is -2.76. The molecule has 0 spiro atoms. The molecule has 0 fully saturated rings. The first-order valence-electron chi connectivity index (χ1n) is 8.61. The quantitative estimate of drug-likeness (QED) is 0.726. The average molecular weight is 353 g/mol. The minimum atomic E-state index is -0.595. The molecule has 0 saturated carbocycles. The molecule has 6 heteroatoms. The predicted octanol–water partition coefficient (Wildman–Crippen LogP) is 3.62. The molecule has 4 rings (SSSR count). The summed E-state index contributed by atoms with van der Waals surface area (Å²) in [6.45, 7) is 7.65. The van der Waals surface area contributed by atoms with Crippen LogP contribution in [0.4, 0.5) is 4.39 Å². The van der Waals surface area contributed by atoms with Crippen molar-refractivity contribution in [3.63, 3.8) is 0 Å². The van der Waals surface area contributed by atoms with Gasteiger partial charge in [-0.2, -0.15) is 5.10 Å². The van der Waals surface area contributed by atoms with Gasteiger partial charge in [0.15, 0.2) is 5.78 Å². The molecule has 1 aliphatic rings. The fraction of sp³-hybridized carbons (Fsp3) is 0.350. The van der Waals surface area contributed by atoms with Crippen molar-refractivity contribution >= 4 is 16.6 Å². The Morgan fingerprint density at radius 1 is 1.15 bits per heavy atom. The maximum atomic E-state index is 14.7. The first-order valence-corrected chi connectivity index (χ1v) is 8.61. The second-order valence-corrected chi connectivity index (χ2v) is 7.93. The third-order valence-corrected chi connectivity index (χ3v) is 4.98. The van der Waals surface area contributed by atoms with Crippen molar-refractivity contribution in [2.75, 3.05) is 0 Å². The highest BCUT2D eigenvalue weighted by Crippen LogP contribution is 2.37. The molecule has 26 heavy (non-hydrogen) atoms. The van der Waals surface area contributed by atoms with Gasteiger partial charge in [0.25, 0.3) is 5.56 Å². The number of pyridine rings is 1. The third-order valence-electron chi connectivity index (χ3n) is 4.98. The zero-order valence-electron chi connectivity index (χ0n) is 15.2. The average Bonchev–Trinajstić information content (AvgIpc) is 2.81. The Morgan fingerprint density at radius 2 is 1.88 bits per heavy atom. The van der Waals surface area contributed by atoms with Crippen LogP contribution in [0.5, 0.6) is 0 Å². The third kappa shape index (κ3) is 2.48. The van der Waals surface area contributed by atoms with Crippen molar-refractivity contribution < 1.29 is 9.18 Å². The van der Waals surface area contributed by atoms with Gasteiger partial charge in [0.2, 0.25) is 0 Å². The number of aryl methyl sites for hydroxylation is 2. The lowest BCUT2D eigenvalue weighted by atomic mass is 9.75. The van der Waals surface area contributed by atoms with Crippen LogP contribution >= 0.6 is 0 Å². The van der Waals surface area contributed by atoms with Gasteiger partial charge >= 0.3 is 0 Å². The van der Waals surface area contributed by atoms with Crippen LogP contribution in [0.1, 0.15) is 47.7 Å². The second-order valence-electron chi connectivity index (χ2n) is 7.93. The number of aromatic nitrogens is 3. The van der Waals surface area contributed by atoms with Gasteiger partial charge < -0.3 is 4.98 Å². The Balaban J connectivity index is 1.99. The van der Waals surface area contributed by atoms with Crippen LogP contribution < -0.4 is 5.56 Å². The molecule has 1 aromatic carbocycles. The minimum Gasteiger partial charge on any atom is -0.326 e. The molecule has 1 aliphatic carbocycles. The number of H-pyrrole nitrogens is 1. The molecule has 0 unspecified atom stereocenters. The van der Waals surface area contributed by atoms with Gasteiger partial charge in [0, 0.05) is 18.2 Å². The van der Waals surface area contributed by atoms with Crippen molar-refractivity contribution in [2.45, 2.75) is 40.5 Å². The smallest absolute Gasteiger partial charge is 0.258 e. The molecule has 2 aromatic heterocycles. The highest BCUT2D eigenvalue weighted by Gasteiger charge is 2.35. The van der Waals surface area contributed by atoms with Gasteiger partial charge in [0.1, 0.15) is 5.82 Å². The number of fused-ring (bicyclic) bond motifs is 2. The molecule has 3 aromatic rings. The van der Waals surface area contributed by atoms with Crippen LogP contribution in [0.25, 0.3) is 16.5 Å². The molecular formula is C20H20FN3O2. The maximum absolute atomic E-state index is 14.7. The Kier molecular flexibility index (Phi) is 3.45. The van der Waals surface area contributed by atoms with Crippen LogP contribution in [0, 0.1) is 25.1 Å². The molecule has 0 atom stereocenters. The van der Waals surface area contributed by atoms with Gasteiger partial charge in [-0.3, -0.25) is 9.59 Å². The van der Waals surface area contributed by atoms with E-state index in [2.05, 4.69) is 10.1 Å². The number of halogens is 1. The van der Waals surface area contributed by atoms with Crippen LogP contribution in [-0.4, -0.2) is 20.5 Å². The molecule has 5 nitrogen and oxygen atoms in total. The number of aromatic amines is 1. The summed E-state index contributed by atoms with van der Waals surface area (Å²) in [4.78, 5) is 27.3. The highest BCUT2D eigenvalue weighted by molar-refractivity contribution is 6.00. The number of rotatable bonds is 1. The number of hydrogen-bond acceptors (Lipinski definition) is 3. The predicted molar refractivity (Wildman–Crippen MR) is 97.6 cm³/mol. The second kappa shape index (κ2) is 5.37. The van der Waals surface area contributed by atoms with Crippen LogP contribution in [0.3, 0.4) is 0 Å². The van der Waals surface area contributed by atoms with E-state index in [1.807, 2.05) is 13.8 Å². The van der Waals surface area contributed by atoms with Crippen LogP contribution in [0.15, 0.2) is 23.0 Å². The fourth-order valence-electron chi connectivity index (χ4n) is 3.95. The summed E-state index contributed by atoms with van der Waals surface area (Å²) in [6, 6.07) is 4.80. The number of ketones is 1. The van der Waals surface area contributed by atoms with Crippen LogP contribution in [0.2, 0.25) is 0 Å². The largest absolute Gasteiger partial charge is 0.326 e. The van der Waals surface area contributed by atoms with E-state index < -0.39 is 11.4 Å². The zero-order valence-corrected chi connectivity index (χ0v) is 15.2. The summed E-state index contributed by atoms with van der Waals surface area (Å²) in [7, 11) is 0. The lowest BCUT2D eigenvalue weighted by molar-refractivity contribution is 0.0910. The minimum absolute atomic E-state index is 0.0356. The summed E-state index contributed by atoms with van der Waals surface area (Å²) in [6.07, 6.45) is 1.16. The van der Waals surface area contributed by atoms with Crippen LogP contribution in [-0.2, 0) is 6.42 Å². The molecule has 0 amide bonds. The van der Waals surface area contributed by atoms with Gasteiger partial charge in [-0.1, -0.05) is 13.8 Å². The van der Waals surface area contributed by atoms with E-state index in [-0.39, 0.29) is 16.6 Å². The van der Waals surface area contributed by atoms with E-state index in [1.54, 1.807) is 30.7 Å². The highest BCUT2D eigenvalue weighted by atomic mass is 19.1. The lowest BCUT2D eigenvalue weighted by Crippen LogP contribution is -2.28. The number of carbonyl (C=O) groups is 1. The monoisotopic (exact) mass is 353 g/mol. The Bertz CT molecular complexity index is 1140.